The molecule has 0 saturated heterocycles. The van der Waals surface area contributed by atoms with E-state index in [1.165, 1.54) is 22.9 Å². The minimum absolute atomic E-state index is 0.0392. The minimum atomic E-state index is -2.93. The highest BCUT2D eigenvalue weighted by atomic mass is 32.2. The lowest BCUT2D eigenvalue weighted by atomic mass is 9.81. The molecular formula is C19H22O4S. The van der Waals surface area contributed by atoms with E-state index in [1.54, 1.807) is 0 Å². The van der Waals surface area contributed by atoms with Crippen molar-refractivity contribution in [2.45, 2.75) is 25.9 Å². The molecular weight excluding hydrogens is 324 g/mol. The molecule has 1 aliphatic carbocycles. The first-order valence-electron chi connectivity index (χ1n) is 8.13. The topological polar surface area (TPSA) is 63.6 Å². The number of hydrogen-bond acceptors (Lipinski definition) is 4. The van der Waals surface area contributed by atoms with Gasteiger partial charge in [0.25, 0.3) is 0 Å². The van der Waals surface area contributed by atoms with Crippen LogP contribution in [0.4, 0.5) is 0 Å². The lowest BCUT2D eigenvalue weighted by Gasteiger charge is -2.26. The van der Waals surface area contributed by atoms with E-state index in [1.807, 2.05) is 24.3 Å². The van der Waals surface area contributed by atoms with E-state index >= 15 is 0 Å². The van der Waals surface area contributed by atoms with Gasteiger partial charge in [-0.1, -0.05) is 24.3 Å². The first-order valence-corrected chi connectivity index (χ1v) is 10.2. The van der Waals surface area contributed by atoms with Gasteiger partial charge in [0.15, 0.2) is 0 Å². The SMILES string of the molecule is CS(=O)(=O)CCCOc1ccc(-c2cccc(CO)c2)c2c1CC2. The van der Waals surface area contributed by atoms with E-state index < -0.39 is 9.84 Å². The third-order valence-corrected chi connectivity index (χ3v) is 5.38. The molecule has 0 bridgehead atoms. The molecule has 0 aromatic heterocycles. The van der Waals surface area contributed by atoms with Crippen LogP contribution in [0.15, 0.2) is 36.4 Å². The summed E-state index contributed by atoms with van der Waals surface area (Å²) >= 11 is 0. The van der Waals surface area contributed by atoms with Crippen molar-refractivity contribution in [1.82, 2.24) is 0 Å². The van der Waals surface area contributed by atoms with Crippen LogP contribution in [0.2, 0.25) is 0 Å². The average Bonchev–Trinajstić information content (AvgIpc) is 2.52. The monoisotopic (exact) mass is 346 g/mol. The van der Waals surface area contributed by atoms with Crippen LogP contribution in [0.25, 0.3) is 11.1 Å². The Morgan fingerprint density at radius 2 is 1.92 bits per heavy atom. The fourth-order valence-electron chi connectivity index (χ4n) is 3.05. The van der Waals surface area contributed by atoms with Gasteiger partial charge in [0.1, 0.15) is 15.6 Å². The first-order chi connectivity index (χ1) is 11.5. The van der Waals surface area contributed by atoms with Crippen LogP contribution in [-0.2, 0) is 29.3 Å². The van der Waals surface area contributed by atoms with Crippen molar-refractivity contribution >= 4 is 9.84 Å². The third-order valence-electron chi connectivity index (χ3n) is 4.35. The molecule has 128 valence electrons. The molecule has 0 amide bonds. The summed E-state index contributed by atoms with van der Waals surface area (Å²) in [6.45, 7) is 0.455. The number of fused-ring (bicyclic) bond motifs is 1. The second-order valence-electron chi connectivity index (χ2n) is 6.26. The van der Waals surface area contributed by atoms with Crippen LogP contribution in [0, 0.1) is 0 Å². The van der Waals surface area contributed by atoms with Gasteiger partial charge in [0.2, 0.25) is 0 Å². The number of ether oxygens (including phenoxy) is 1. The van der Waals surface area contributed by atoms with Crippen LogP contribution < -0.4 is 4.74 Å². The Kier molecular flexibility index (Phi) is 4.92. The Labute approximate surface area is 143 Å². The van der Waals surface area contributed by atoms with E-state index in [2.05, 4.69) is 12.1 Å². The molecule has 0 fully saturated rings. The Hall–Kier alpha value is -1.85. The highest BCUT2D eigenvalue weighted by Crippen LogP contribution is 2.39. The molecule has 0 radical (unpaired) electrons. The minimum Gasteiger partial charge on any atom is -0.493 e. The Bertz CT molecular complexity index is 840. The van der Waals surface area contributed by atoms with Gasteiger partial charge in [0, 0.05) is 6.26 Å². The van der Waals surface area contributed by atoms with E-state index in [4.69, 9.17) is 4.74 Å². The zero-order valence-electron chi connectivity index (χ0n) is 13.8. The fraction of sp³-hybridized carbons (Fsp3) is 0.368. The zero-order chi connectivity index (χ0) is 17.2. The van der Waals surface area contributed by atoms with Crippen molar-refractivity contribution in [3.8, 4) is 16.9 Å². The van der Waals surface area contributed by atoms with Crippen molar-refractivity contribution in [3.05, 3.63) is 53.1 Å². The Morgan fingerprint density at radius 1 is 1.12 bits per heavy atom. The molecule has 2 aromatic carbocycles. The lowest BCUT2D eigenvalue weighted by Crippen LogP contribution is -2.14. The van der Waals surface area contributed by atoms with Gasteiger partial charge in [-0.3, -0.25) is 0 Å². The van der Waals surface area contributed by atoms with Gasteiger partial charge in [-0.25, -0.2) is 8.42 Å². The van der Waals surface area contributed by atoms with Gasteiger partial charge in [0.05, 0.1) is 19.0 Å². The quantitative estimate of drug-likeness (QED) is 0.783. The molecule has 5 heteroatoms. The molecule has 2 aromatic rings. The van der Waals surface area contributed by atoms with Crippen LogP contribution in [0.1, 0.15) is 23.1 Å². The van der Waals surface area contributed by atoms with Gasteiger partial charge >= 0.3 is 0 Å². The number of hydrogen-bond donors (Lipinski definition) is 1. The highest BCUT2D eigenvalue weighted by Gasteiger charge is 2.22. The summed E-state index contributed by atoms with van der Waals surface area (Å²) in [6, 6.07) is 12.0. The molecule has 0 atom stereocenters. The first kappa shape index (κ1) is 17.0. The molecule has 0 aliphatic heterocycles. The van der Waals surface area contributed by atoms with Crippen LogP contribution >= 0.6 is 0 Å². The Morgan fingerprint density at radius 3 is 2.58 bits per heavy atom. The maximum Gasteiger partial charge on any atom is 0.147 e. The normalized spacial score (nSPS) is 13.2. The standard InChI is InChI=1S/C19H22O4S/c1-24(21,22)11-3-10-23-19-9-8-16(17-6-7-18(17)19)15-5-2-4-14(12-15)13-20/h2,4-5,8-9,12,20H,3,6-7,10-11,13H2,1H3. The summed E-state index contributed by atoms with van der Waals surface area (Å²) in [5, 5.41) is 9.31. The molecule has 24 heavy (non-hydrogen) atoms. The third kappa shape index (κ3) is 3.79. The highest BCUT2D eigenvalue weighted by molar-refractivity contribution is 7.90. The van der Waals surface area contributed by atoms with E-state index in [0.29, 0.717) is 13.0 Å². The van der Waals surface area contributed by atoms with Gasteiger partial charge in [-0.2, -0.15) is 0 Å². The largest absolute Gasteiger partial charge is 0.493 e. The number of benzene rings is 2. The summed E-state index contributed by atoms with van der Waals surface area (Å²) in [7, 11) is -2.93. The van der Waals surface area contributed by atoms with E-state index in [9.17, 15) is 13.5 Å². The van der Waals surface area contributed by atoms with Gasteiger partial charge in [-0.15, -0.1) is 0 Å². The van der Waals surface area contributed by atoms with Crippen molar-refractivity contribution < 1.29 is 18.3 Å². The number of aliphatic hydroxyl groups is 1. The second-order valence-corrected chi connectivity index (χ2v) is 8.52. The fourth-order valence-corrected chi connectivity index (χ4v) is 3.69. The molecule has 1 N–H and O–H groups in total. The number of rotatable bonds is 7. The smallest absolute Gasteiger partial charge is 0.147 e. The van der Waals surface area contributed by atoms with Crippen LogP contribution in [-0.4, -0.2) is 32.1 Å². The molecule has 0 saturated carbocycles. The second kappa shape index (κ2) is 6.95. The molecule has 3 rings (SSSR count). The predicted molar refractivity (Wildman–Crippen MR) is 95.0 cm³/mol. The molecule has 0 heterocycles. The van der Waals surface area contributed by atoms with E-state index in [-0.39, 0.29) is 12.4 Å². The number of aliphatic hydroxyl groups excluding tert-OH is 1. The van der Waals surface area contributed by atoms with Crippen molar-refractivity contribution in [2.24, 2.45) is 0 Å². The summed E-state index contributed by atoms with van der Waals surface area (Å²) in [4.78, 5) is 0. The summed E-state index contributed by atoms with van der Waals surface area (Å²) < 4.78 is 28.1. The molecule has 0 spiro atoms. The molecule has 4 nitrogen and oxygen atoms in total. The summed E-state index contributed by atoms with van der Waals surface area (Å²) in [6.07, 6.45) is 3.77. The predicted octanol–water partition coefficient (Wildman–Crippen LogP) is 2.76. The lowest BCUT2D eigenvalue weighted by molar-refractivity contribution is 0.282. The van der Waals surface area contributed by atoms with Crippen LogP contribution in [0.3, 0.4) is 0 Å². The number of sulfone groups is 1. The van der Waals surface area contributed by atoms with Gasteiger partial charge < -0.3 is 9.84 Å². The maximum absolute atomic E-state index is 11.2. The van der Waals surface area contributed by atoms with Gasteiger partial charge in [-0.05, 0) is 59.2 Å². The molecule has 0 unspecified atom stereocenters. The summed E-state index contributed by atoms with van der Waals surface area (Å²) in [5.74, 6) is 1.02. The zero-order valence-corrected chi connectivity index (χ0v) is 14.6. The Balaban J connectivity index is 1.75. The van der Waals surface area contributed by atoms with Crippen molar-refractivity contribution in [3.63, 3.8) is 0 Å². The van der Waals surface area contributed by atoms with Crippen molar-refractivity contribution in [1.29, 1.82) is 0 Å². The summed E-state index contributed by atoms with van der Waals surface area (Å²) in [5.41, 5.74) is 5.73. The maximum atomic E-state index is 11.2. The van der Waals surface area contributed by atoms with Crippen molar-refractivity contribution in [2.75, 3.05) is 18.6 Å². The average molecular weight is 346 g/mol. The van der Waals surface area contributed by atoms with E-state index in [0.717, 1.165) is 29.7 Å². The van der Waals surface area contributed by atoms with Crippen LogP contribution in [0.5, 0.6) is 5.75 Å². The molecule has 1 aliphatic rings.